The molecule has 0 saturated heterocycles. The van der Waals surface area contributed by atoms with Crippen molar-refractivity contribution in [2.75, 3.05) is 12.1 Å². The molecule has 0 atom stereocenters. The first-order valence-corrected chi connectivity index (χ1v) is 10.0. The van der Waals surface area contributed by atoms with E-state index in [-0.39, 0.29) is 28.8 Å². The van der Waals surface area contributed by atoms with Gasteiger partial charge in [-0.2, -0.15) is 0 Å². The highest BCUT2D eigenvalue weighted by molar-refractivity contribution is 6.34. The van der Waals surface area contributed by atoms with Crippen LogP contribution in [-0.4, -0.2) is 18.6 Å². The number of carbonyl (C=O) groups excluding carboxylic acids is 2. The molecule has 162 valence electrons. The molecule has 1 aliphatic heterocycles. The number of amides is 2. The topological polar surface area (TPSA) is 76.7 Å². The molecule has 3 aromatic rings. The van der Waals surface area contributed by atoms with Gasteiger partial charge in [0.15, 0.2) is 11.5 Å². The average molecular weight is 453 g/mol. The number of anilines is 1. The second-order valence-electron chi connectivity index (χ2n) is 7.02. The summed E-state index contributed by atoms with van der Waals surface area (Å²) in [6, 6.07) is 15.9. The number of rotatable bonds is 5. The summed E-state index contributed by atoms with van der Waals surface area (Å²) in [5.41, 5.74) is 1.44. The molecule has 1 aliphatic rings. The van der Waals surface area contributed by atoms with Gasteiger partial charge >= 0.3 is 0 Å². The van der Waals surface area contributed by atoms with Crippen LogP contribution >= 0.6 is 11.6 Å². The second-order valence-corrected chi connectivity index (χ2v) is 7.43. The molecule has 0 spiro atoms. The zero-order chi connectivity index (χ0) is 22.7. The molecule has 0 saturated carbocycles. The standard InChI is InChI=1S/C24H18ClFN2O4/c1-14-6-8-16(12-19(14)26)27-24(30)20(28-23(29)17-4-2-3-5-18(17)25)10-15-7-9-21-22(11-15)32-13-31-21/h2-12H,13H2,1H3,(H,27,30)(H,28,29)/b20-10+. The highest BCUT2D eigenvalue weighted by Gasteiger charge is 2.18. The molecule has 0 aliphatic carbocycles. The van der Waals surface area contributed by atoms with Gasteiger partial charge in [-0.15, -0.1) is 0 Å². The SMILES string of the molecule is Cc1ccc(NC(=O)/C(=C\c2ccc3c(c2)OCO3)NC(=O)c2ccccc2Cl)cc1F. The molecule has 6 nitrogen and oxygen atoms in total. The summed E-state index contributed by atoms with van der Waals surface area (Å²) >= 11 is 6.12. The molecule has 32 heavy (non-hydrogen) atoms. The molecule has 0 bridgehead atoms. The summed E-state index contributed by atoms with van der Waals surface area (Å²) in [4.78, 5) is 25.8. The van der Waals surface area contributed by atoms with E-state index >= 15 is 0 Å². The molecular weight excluding hydrogens is 435 g/mol. The van der Waals surface area contributed by atoms with E-state index in [0.29, 0.717) is 22.6 Å². The molecule has 4 rings (SSSR count). The molecule has 0 unspecified atom stereocenters. The number of carbonyl (C=O) groups is 2. The fourth-order valence-corrected chi connectivity index (χ4v) is 3.25. The fraction of sp³-hybridized carbons (Fsp3) is 0.0833. The Morgan fingerprint density at radius 2 is 1.81 bits per heavy atom. The van der Waals surface area contributed by atoms with Crippen molar-refractivity contribution in [3.8, 4) is 11.5 Å². The number of aryl methyl sites for hydroxylation is 1. The van der Waals surface area contributed by atoms with Gasteiger partial charge in [-0.1, -0.05) is 35.9 Å². The molecule has 1 heterocycles. The third kappa shape index (κ3) is 4.73. The van der Waals surface area contributed by atoms with Crippen LogP contribution in [0.3, 0.4) is 0 Å². The van der Waals surface area contributed by atoms with Gasteiger partial charge in [0.05, 0.1) is 10.6 Å². The summed E-state index contributed by atoms with van der Waals surface area (Å²) in [6.45, 7) is 1.73. The summed E-state index contributed by atoms with van der Waals surface area (Å²) < 4.78 is 24.6. The van der Waals surface area contributed by atoms with Crippen LogP contribution in [0.2, 0.25) is 5.02 Å². The van der Waals surface area contributed by atoms with E-state index < -0.39 is 17.6 Å². The molecular formula is C24H18ClFN2O4. The molecule has 0 aromatic heterocycles. The molecule has 3 aromatic carbocycles. The third-order valence-corrected chi connectivity index (χ3v) is 5.08. The normalized spacial score (nSPS) is 12.4. The fourth-order valence-electron chi connectivity index (χ4n) is 3.03. The average Bonchev–Trinajstić information content (AvgIpc) is 3.24. The number of benzene rings is 3. The highest BCUT2D eigenvalue weighted by Crippen LogP contribution is 2.33. The van der Waals surface area contributed by atoms with Crippen LogP contribution in [0, 0.1) is 12.7 Å². The van der Waals surface area contributed by atoms with Crippen molar-refractivity contribution in [2.45, 2.75) is 6.92 Å². The van der Waals surface area contributed by atoms with Gasteiger partial charge in [-0.3, -0.25) is 9.59 Å². The number of halogens is 2. The van der Waals surface area contributed by atoms with Crippen LogP contribution in [0.4, 0.5) is 10.1 Å². The number of nitrogens with one attached hydrogen (secondary N) is 2. The first-order valence-electron chi connectivity index (χ1n) is 9.65. The minimum atomic E-state index is -0.633. The van der Waals surface area contributed by atoms with Gasteiger partial charge < -0.3 is 20.1 Å². The first-order chi connectivity index (χ1) is 15.4. The Balaban J connectivity index is 1.65. The van der Waals surface area contributed by atoms with Crippen molar-refractivity contribution in [1.29, 1.82) is 0 Å². The summed E-state index contributed by atoms with van der Waals surface area (Å²) in [5, 5.41) is 5.44. The van der Waals surface area contributed by atoms with E-state index in [2.05, 4.69) is 10.6 Å². The maximum absolute atomic E-state index is 13.9. The lowest BCUT2D eigenvalue weighted by Gasteiger charge is -2.12. The van der Waals surface area contributed by atoms with Crippen molar-refractivity contribution in [3.05, 3.63) is 93.9 Å². The van der Waals surface area contributed by atoms with Crippen molar-refractivity contribution in [3.63, 3.8) is 0 Å². The molecule has 0 radical (unpaired) electrons. The summed E-state index contributed by atoms with van der Waals surface area (Å²) in [7, 11) is 0. The van der Waals surface area contributed by atoms with Crippen LogP contribution in [-0.2, 0) is 4.79 Å². The largest absolute Gasteiger partial charge is 0.454 e. The Bertz CT molecular complexity index is 1240. The van der Waals surface area contributed by atoms with Gasteiger partial charge in [0, 0.05) is 5.69 Å². The summed E-state index contributed by atoms with van der Waals surface area (Å²) in [6.07, 6.45) is 1.48. The van der Waals surface area contributed by atoms with Crippen LogP contribution in [0.1, 0.15) is 21.5 Å². The quantitative estimate of drug-likeness (QED) is 0.538. The van der Waals surface area contributed by atoms with Crippen LogP contribution < -0.4 is 20.1 Å². The van der Waals surface area contributed by atoms with E-state index in [1.807, 2.05) is 0 Å². The molecule has 2 N–H and O–H groups in total. The maximum atomic E-state index is 13.9. The lowest BCUT2D eigenvalue weighted by Crippen LogP contribution is -2.31. The molecule has 2 amide bonds. The predicted molar refractivity (Wildman–Crippen MR) is 119 cm³/mol. The lowest BCUT2D eigenvalue weighted by molar-refractivity contribution is -0.113. The Morgan fingerprint density at radius 1 is 1.03 bits per heavy atom. The highest BCUT2D eigenvalue weighted by atomic mass is 35.5. The van der Waals surface area contributed by atoms with Crippen molar-refractivity contribution in [1.82, 2.24) is 5.32 Å². The van der Waals surface area contributed by atoms with Gasteiger partial charge in [-0.25, -0.2) is 4.39 Å². The Labute approximate surface area is 188 Å². The van der Waals surface area contributed by atoms with Crippen LogP contribution in [0.25, 0.3) is 6.08 Å². The van der Waals surface area contributed by atoms with E-state index in [9.17, 15) is 14.0 Å². The smallest absolute Gasteiger partial charge is 0.272 e. The van der Waals surface area contributed by atoms with Crippen LogP contribution in [0.15, 0.2) is 66.4 Å². The number of hydrogen-bond donors (Lipinski definition) is 2. The Morgan fingerprint density at radius 3 is 2.59 bits per heavy atom. The van der Waals surface area contributed by atoms with E-state index in [1.54, 1.807) is 61.5 Å². The second kappa shape index (κ2) is 9.11. The van der Waals surface area contributed by atoms with Gasteiger partial charge in [-0.05, 0) is 60.5 Å². The zero-order valence-electron chi connectivity index (χ0n) is 16.9. The number of fused-ring (bicyclic) bond motifs is 1. The summed E-state index contributed by atoms with van der Waals surface area (Å²) in [5.74, 6) is -0.539. The first kappa shape index (κ1) is 21.4. The number of ether oxygens (including phenoxy) is 2. The lowest BCUT2D eigenvalue weighted by atomic mass is 10.1. The van der Waals surface area contributed by atoms with Crippen LogP contribution in [0.5, 0.6) is 11.5 Å². The minimum absolute atomic E-state index is 0.0604. The van der Waals surface area contributed by atoms with Crippen molar-refractivity contribution >= 4 is 35.2 Å². The van der Waals surface area contributed by atoms with Crippen molar-refractivity contribution in [2.24, 2.45) is 0 Å². The number of hydrogen-bond acceptors (Lipinski definition) is 4. The maximum Gasteiger partial charge on any atom is 0.272 e. The molecule has 0 fully saturated rings. The van der Waals surface area contributed by atoms with E-state index in [1.165, 1.54) is 12.1 Å². The van der Waals surface area contributed by atoms with Gasteiger partial charge in [0.2, 0.25) is 6.79 Å². The predicted octanol–water partition coefficient (Wildman–Crippen LogP) is 4.93. The van der Waals surface area contributed by atoms with Gasteiger partial charge in [0.25, 0.3) is 11.8 Å². The Kier molecular flexibility index (Phi) is 6.09. The van der Waals surface area contributed by atoms with Gasteiger partial charge in [0.1, 0.15) is 11.5 Å². The van der Waals surface area contributed by atoms with E-state index in [4.69, 9.17) is 21.1 Å². The Hall–Kier alpha value is -3.84. The van der Waals surface area contributed by atoms with Crippen molar-refractivity contribution < 1.29 is 23.5 Å². The zero-order valence-corrected chi connectivity index (χ0v) is 17.7. The third-order valence-electron chi connectivity index (χ3n) is 4.75. The molecule has 8 heteroatoms. The van der Waals surface area contributed by atoms with E-state index in [0.717, 1.165) is 0 Å². The minimum Gasteiger partial charge on any atom is -0.454 e. The monoisotopic (exact) mass is 452 g/mol.